The molecule has 9 nitrogen and oxygen atoms in total. The third kappa shape index (κ3) is 5.98. The molecule has 2 aromatic rings. The van der Waals surface area contributed by atoms with Crippen LogP contribution in [-0.4, -0.2) is 77.5 Å². The molecule has 2 fully saturated rings. The van der Waals surface area contributed by atoms with Gasteiger partial charge in [0, 0.05) is 66.8 Å². The van der Waals surface area contributed by atoms with Crippen molar-refractivity contribution in [3.63, 3.8) is 0 Å². The number of carbonyl (C=O) groups is 3. The van der Waals surface area contributed by atoms with E-state index < -0.39 is 5.91 Å². The Morgan fingerprint density at radius 3 is 2.26 bits per heavy atom. The lowest BCUT2D eigenvalue weighted by molar-refractivity contribution is 0.0805. The molecule has 226 valence electrons. The van der Waals surface area contributed by atoms with Crippen molar-refractivity contribution in [3.8, 4) is 11.1 Å². The highest BCUT2D eigenvalue weighted by molar-refractivity contribution is 5.99. The molecular formula is C33H46N6O3. The van der Waals surface area contributed by atoms with Crippen molar-refractivity contribution in [2.45, 2.75) is 78.3 Å². The van der Waals surface area contributed by atoms with E-state index in [2.05, 4.69) is 42.5 Å². The molecule has 1 aromatic carbocycles. The Bertz CT molecular complexity index is 1490. The zero-order chi connectivity index (χ0) is 30.2. The van der Waals surface area contributed by atoms with Crippen molar-refractivity contribution in [2.75, 3.05) is 38.5 Å². The molecule has 0 atom stereocenters. The Morgan fingerprint density at radius 2 is 1.64 bits per heavy atom. The Balaban J connectivity index is 1.37. The molecule has 3 heterocycles. The highest BCUT2D eigenvalue weighted by Gasteiger charge is 2.34. The normalized spacial score (nSPS) is 23.5. The van der Waals surface area contributed by atoms with Crippen LogP contribution in [0.4, 0.5) is 10.5 Å². The topological polar surface area (TPSA) is 113 Å². The van der Waals surface area contributed by atoms with Crippen LogP contribution in [0.1, 0.15) is 80.6 Å². The number of hydrogen-bond donors (Lipinski definition) is 3. The van der Waals surface area contributed by atoms with E-state index in [9.17, 15) is 14.4 Å². The largest absolute Gasteiger partial charge is 0.382 e. The average Bonchev–Trinajstić information content (AvgIpc) is 3.26. The number of fused-ring (bicyclic) bond motifs is 1. The number of primary amides is 1. The first-order chi connectivity index (χ1) is 20.0. The predicted molar refractivity (Wildman–Crippen MR) is 168 cm³/mol. The van der Waals surface area contributed by atoms with Gasteiger partial charge in [-0.3, -0.25) is 14.2 Å². The number of amides is 3. The number of nitrogens with one attached hydrogen (secondary N) is 2. The fourth-order valence-electron chi connectivity index (χ4n) is 6.93. The number of nitrogens with two attached hydrogens (primary N) is 1. The van der Waals surface area contributed by atoms with Crippen molar-refractivity contribution in [2.24, 2.45) is 11.1 Å². The number of nitrogens with zero attached hydrogens (tertiary/aromatic N) is 3. The van der Waals surface area contributed by atoms with Gasteiger partial charge >= 0.3 is 6.03 Å². The van der Waals surface area contributed by atoms with Gasteiger partial charge in [-0.1, -0.05) is 32.1 Å². The fourth-order valence-corrected chi connectivity index (χ4v) is 6.93. The van der Waals surface area contributed by atoms with Crippen molar-refractivity contribution in [3.05, 3.63) is 40.0 Å². The zero-order valence-corrected chi connectivity index (χ0v) is 25.8. The molecule has 0 spiro atoms. The zero-order valence-electron chi connectivity index (χ0n) is 25.8. The quantitative estimate of drug-likeness (QED) is 0.508. The maximum Gasteiger partial charge on any atom is 0.317 e. The van der Waals surface area contributed by atoms with Gasteiger partial charge in [-0.05, 0) is 76.1 Å². The van der Waals surface area contributed by atoms with Crippen molar-refractivity contribution >= 4 is 35.7 Å². The minimum atomic E-state index is -0.475. The van der Waals surface area contributed by atoms with Crippen molar-refractivity contribution in [1.82, 2.24) is 19.7 Å². The number of likely N-dealkylation sites (N-methyl/N-ethyl adjacent to an activating group) is 1. The highest BCUT2D eigenvalue weighted by Crippen LogP contribution is 2.36. The van der Waals surface area contributed by atoms with Gasteiger partial charge in [0.15, 0.2) is 0 Å². The molecule has 4 N–H and O–H groups in total. The van der Waals surface area contributed by atoms with E-state index in [0.29, 0.717) is 12.0 Å². The summed E-state index contributed by atoms with van der Waals surface area (Å²) in [6.07, 6.45) is 8.87. The van der Waals surface area contributed by atoms with Gasteiger partial charge in [-0.2, -0.15) is 0 Å². The molecule has 0 unspecified atom stereocenters. The lowest BCUT2D eigenvalue weighted by Crippen LogP contribution is -2.53. The van der Waals surface area contributed by atoms with Gasteiger partial charge in [0.1, 0.15) is 0 Å². The summed E-state index contributed by atoms with van der Waals surface area (Å²) in [5.41, 5.74) is 9.88. The summed E-state index contributed by atoms with van der Waals surface area (Å²) in [7, 11) is 2.08. The van der Waals surface area contributed by atoms with Crippen LogP contribution in [0.2, 0.25) is 0 Å². The molecule has 0 radical (unpaired) electrons. The monoisotopic (exact) mass is 574 g/mol. The molecular weight excluding hydrogens is 528 g/mol. The van der Waals surface area contributed by atoms with E-state index in [1.807, 2.05) is 41.5 Å². The lowest BCUT2D eigenvalue weighted by atomic mass is 9.80. The number of anilines is 1. The van der Waals surface area contributed by atoms with Gasteiger partial charge in [0.25, 0.3) is 5.91 Å². The molecule has 1 saturated heterocycles. The Morgan fingerprint density at radius 1 is 0.976 bits per heavy atom. The maximum absolute atomic E-state index is 13.3. The van der Waals surface area contributed by atoms with Crippen LogP contribution in [0.3, 0.4) is 0 Å². The summed E-state index contributed by atoms with van der Waals surface area (Å²) in [5, 5.41) is 8.82. The standard InChI is InChI=1S/C33H46N6O3/c1-6-24-27(7-2)39-28(19-33(3,4)20-29(39)40)30(24)21-8-13-25(31(34)41)26(18-21)35-22-9-11-23(12-10-22)36-32(42)38-16-14-37(5)15-17-38/h6-8,13,18,22-23,35H,9-12,14-17,19-20H2,1-5H3,(H2,34,41)(H,36,42). The third-order valence-electron chi connectivity index (χ3n) is 9.21. The first-order valence-corrected chi connectivity index (χ1v) is 15.4. The molecule has 5 rings (SSSR count). The molecule has 9 heteroatoms. The van der Waals surface area contributed by atoms with Crippen LogP contribution in [0.15, 0.2) is 18.2 Å². The van der Waals surface area contributed by atoms with E-state index in [4.69, 9.17) is 5.73 Å². The minimum Gasteiger partial charge on any atom is -0.382 e. The molecule has 1 saturated carbocycles. The summed E-state index contributed by atoms with van der Waals surface area (Å²) in [5.74, 6) is -0.357. The second kappa shape index (κ2) is 12.0. The number of hydrogen-bond acceptors (Lipinski definition) is 5. The maximum atomic E-state index is 13.3. The van der Waals surface area contributed by atoms with E-state index >= 15 is 0 Å². The van der Waals surface area contributed by atoms with Gasteiger partial charge in [0.05, 0.1) is 10.9 Å². The van der Waals surface area contributed by atoms with Crippen LogP contribution < -0.4 is 26.9 Å². The molecule has 3 amide bonds. The first-order valence-electron chi connectivity index (χ1n) is 15.4. The first kappa shape index (κ1) is 29.9. The van der Waals surface area contributed by atoms with Crippen LogP contribution in [-0.2, 0) is 6.42 Å². The SMILES string of the molecule is CC=c1c(-c2ccc(C(N)=O)c(NC3CCC(NC(=O)N4CCN(C)CC4)CC3)c2)c2n(c1=CC)C(=O)CC(C)(C)C2. The van der Waals surface area contributed by atoms with Gasteiger partial charge < -0.3 is 26.2 Å². The summed E-state index contributed by atoms with van der Waals surface area (Å²) in [6, 6.07) is 6.12. The molecule has 42 heavy (non-hydrogen) atoms. The Hall–Kier alpha value is -3.59. The number of benzene rings is 1. The second-order valence-corrected chi connectivity index (χ2v) is 13.0. The smallest absolute Gasteiger partial charge is 0.317 e. The van der Waals surface area contributed by atoms with E-state index in [0.717, 1.165) is 91.4 Å². The molecule has 1 aromatic heterocycles. The number of rotatable bonds is 5. The van der Waals surface area contributed by atoms with E-state index in [1.165, 1.54) is 0 Å². The number of aromatic nitrogens is 1. The second-order valence-electron chi connectivity index (χ2n) is 13.0. The summed E-state index contributed by atoms with van der Waals surface area (Å²) in [4.78, 5) is 42.7. The summed E-state index contributed by atoms with van der Waals surface area (Å²) in [6.45, 7) is 11.6. The number of urea groups is 1. The summed E-state index contributed by atoms with van der Waals surface area (Å²) >= 11 is 0. The molecule has 0 bridgehead atoms. The van der Waals surface area contributed by atoms with Crippen LogP contribution in [0, 0.1) is 5.41 Å². The number of piperazine rings is 1. The minimum absolute atomic E-state index is 0.0352. The number of carbonyl (C=O) groups excluding carboxylic acids is 3. The average molecular weight is 575 g/mol. The van der Waals surface area contributed by atoms with Crippen LogP contribution in [0.5, 0.6) is 0 Å². The van der Waals surface area contributed by atoms with Crippen molar-refractivity contribution < 1.29 is 14.4 Å². The summed E-state index contributed by atoms with van der Waals surface area (Å²) < 4.78 is 1.89. The van der Waals surface area contributed by atoms with Gasteiger partial charge in [0.2, 0.25) is 5.91 Å². The van der Waals surface area contributed by atoms with Gasteiger partial charge in [-0.15, -0.1) is 0 Å². The molecule has 1 aliphatic carbocycles. The molecule has 3 aliphatic rings. The Labute approximate surface area is 248 Å². The Kier molecular flexibility index (Phi) is 8.51. The van der Waals surface area contributed by atoms with E-state index in [-0.39, 0.29) is 29.4 Å². The lowest BCUT2D eigenvalue weighted by Gasteiger charge is -2.35. The van der Waals surface area contributed by atoms with Crippen molar-refractivity contribution in [1.29, 1.82) is 0 Å². The predicted octanol–water partition coefficient (Wildman–Crippen LogP) is 3.15. The fraction of sp³-hybridized carbons (Fsp3) is 0.545. The van der Waals surface area contributed by atoms with Gasteiger partial charge in [-0.25, -0.2) is 4.79 Å². The van der Waals surface area contributed by atoms with E-state index in [1.54, 1.807) is 6.07 Å². The highest BCUT2D eigenvalue weighted by atomic mass is 16.2. The third-order valence-corrected chi connectivity index (χ3v) is 9.21. The van der Waals surface area contributed by atoms with Crippen LogP contribution >= 0.6 is 0 Å². The van der Waals surface area contributed by atoms with Crippen LogP contribution in [0.25, 0.3) is 23.3 Å². The molecule has 2 aliphatic heterocycles.